The van der Waals surface area contributed by atoms with Gasteiger partial charge in [0.15, 0.2) is 0 Å². The molecule has 0 aromatic rings. The average Bonchev–Trinajstić information content (AvgIpc) is 2.84. The Hall–Kier alpha value is -0.630. The summed E-state index contributed by atoms with van der Waals surface area (Å²) in [5.41, 5.74) is 2.10. The van der Waals surface area contributed by atoms with E-state index in [1.807, 2.05) is 0 Å². The summed E-state index contributed by atoms with van der Waals surface area (Å²) < 4.78 is 13.8. The van der Waals surface area contributed by atoms with Crippen LogP contribution in [0.4, 0.5) is 4.39 Å². The summed E-state index contributed by atoms with van der Waals surface area (Å²) in [6.45, 7) is 8.41. The molecule has 23 heavy (non-hydrogen) atoms. The second kappa shape index (κ2) is 5.18. The van der Waals surface area contributed by atoms with Crippen molar-refractivity contribution in [2.45, 2.75) is 71.3 Å². The molecule has 0 heterocycles. The molecule has 1 nitrogen and oxygen atoms in total. The molecular formula is C21H31FO. The van der Waals surface area contributed by atoms with E-state index >= 15 is 0 Å². The summed E-state index contributed by atoms with van der Waals surface area (Å²) in [6.07, 6.45) is 10.9. The summed E-state index contributed by atoms with van der Waals surface area (Å²) in [4.78, 5) is 0. The lowest BCUT2D eigenvalue weighted by Crippen LogP contribution is -2.49. The van der Waals surface area contributed by atoms with Gasteiger partial charge in [-0.2, -0.15) is 0 Å². The first-order chi connectivity index (χ1) is 10.8. The van der Waals surface area contributed by atoms with Crippen molar-refractivity contribution in [2.75, 3.05) is 0 Å². The van der Waals surface area contributed by atoms with Crippen LogP contribution in [0.25, 0.3) is 0 Å². The highest BCUT2D eigenvalue weighted by Crippen LogP contribution is 2.66. The van der Waals surface area contributed by atoms with Crippen LogP contribution in [0.15, 0.2) is 24.1 Å². The lowest BCUT2D eigenvalue weighted by atomic mass is 9.48. The summed E-state index contributed by atoms with van der Waals surface area (Å²) in [6, 6.07) is 0. The van der Waals surface area contributed by atoms with Crippen LogP contribution in [0.2, 0.25) is 0 Å². The van der Waals surface area contributed by atoms with Crippen LogP contribution in [-0.4, -0.2) is 11.2 Å². The van der Waals surface area contributed by atoms with E-state index in [-0.39, 0.29) is 23.3 Å². The zero-order chi connectivity index (χ0) is 16.4. The van der Waals surface area contributed by atoms with Gasteiger partial charge in [0.25, 0.3) is 0 Å². The monoisotopic (exact) mass is 318 g/mol. The molecule has 3 saturated carbocycles. The Morgan fingerprint density at radius 1 is 1.26 bits per heavy atom. The number of fused-ring (bicyclic) bond motifs is 5. The topological polar surface area (TPSA) is 20.2 Å². The van der Waals surface area contributed by atoms with Gasteiger partial charge in [0, 0.05) is 5.92 Å². The smallest absolute Gasteiger partial charge is 0.0959 e. The van der Waals surface area contributed by atoms with Crippen molar-refractivity contribution in [2.24, 2.45) is 34.5 Å². The predicted octanol–water partition coefficient (Wildman–Crippen LogP) is 5.41. The van der Waals surface area contributed by atoms with Crippen LogP contribution in [0.3, 0.4) is 0 Å². The summed E-state index contributed by atoms with van der Waals surface area (Å²) in [7, 11) is 0. The Morgan fingerprint density at radius 2 is 2.04 bits per heavy atom. The Bertz CT molecular complexity index is 552. The molecule has 0 amide bonds. The molecule has 4 rings (SSSR count). The molecule has 0 aromatic carbocycles. The number of halogens is 1. The zero-order valence-corrected chi connectivity index (χ0v) is 14.7. The maximum Gasteiger partial charge on any atom is 0.0959 e. The first-order valence-corrected chi connectivity index (χ1v) is 9.55. The van der Waals surface area contributed by atoms with Crippen LogP contribution in [0, 0.1) is 34.5 Å². The van der Waals surface area contributed by atoms with E-state index in [1.165, 1.54) is 19.3 Å². The van der Waals surface area contributed by atoms with Crippen LogP contribution in [0.5, 0.6) is 0 Å². The molecular weight excluding hydrogens is 287 g/mol. The number of aliphatic hydroxyl groups excluding tert-OH is 1. The molecule has 0 aliphatic heterocycles. The largest absolute Gasteiger partial charge is 0.393 e. The molecule has 0 aromatic heterocycles. The molecule has 0 bridgehead atoms. The highest BCUT2D eigenvalue weighted by Gasteiger charge is 2.57. The van der Waals surface area contributed by atoms with Gasteiger partial charge in [-0.3, -0.25) is 0 Å². The maximum atomic E-state index is 13.8. The molecule has 0 saturated heterocycles. The Kier molecular flexibility index (Phi) is 3.58. The predicted molar refractivity (Wildman–Crippen MR) is 91.4 cm³/mol. The van der Waals surface area contributed by atoms with Gasteiger partial charge in [0.2, 0.25) is 0 Å². The summed E-state index contributed by atoms with van der Waals surface area (Å²) in [5, 5.41) is 10.3. The van der Waals surface area contributed by atoms with Gasteiger partial charge in [-0.05, 0) is 80.0 Å². The lowest BCUT2D eigenvalue weighted by Gasteiger charge is -2.57. The van der Waals surface area contributed by atoms with E-state index in [4.69, 9.17) is 0 Å². The minimum atomic E-state index is -0.133. The van der Waals surface area contributed by atoms with Gasteiger partial charge in [-0.1, -0.05) is 32.1 Å². The molecule has 4 aliphatic rings. The van der Waals surface area contributed by atoms with Gasteiger partial charge < -0.3 is 5.11 Å². The number of rotatable bonds is 1. The molecule has 3 fully saturated rings. The number of hydrogen-bond donors (Lipinski definition) is 1. The summed E-state index contributed by atoms with van der Waals surface area (Å²) >= 11 is 0. The van der Waals surface area contributed by atoms with E-state index in [0.29, 0.717) is 23.2 Å². The van der Waals surface area contributed by atoms with Crippen molar-refractivity contribution in [3.63, 3.8) is 0 Å². The van der Waals surface area contributed by atoms with Gasteiger partial charge in [-0.15, -0.1) is 0 Å². The third-order valence-electron chi connectivity index (χ3n) is 8.24. The molecule has 7 atom stereocenters. The van der Waals surface area contributed by atoms with Crippen LogP contribution < -0.4 is 0 Å². The van der Waals surface area contributed by atoms with Crippen molar-refractivity contribution in [3.05, 3.63) is 24.1 Å². The Balaban J connectivity index is 1.66. The fourth-order valence-electron chi connectivity index (χ4n) is 7.04. The fourth-order valence-corrected chi connectivity index (χ4v) is 7.04. The molecule has 4 aliphatic carbocycles. The number of allylic oxidation sites excluding steroid dienone is 3. The number of aliphatic hydroxyl groups is 1. The highest BCUT2D eigenvalue weighted by atomic mass is 19.1. The minimum Gasteiger partial charge on any atom is -0.393 e. The fraction of sp³-hybridized carbons (Fsp3) is 0.810. The van der Waals surface area contributed by atoms with Crippen LogP contribution in [0.1, 0.15) is 65.2 Å². The quantitative estimate of drug-likeness (QED) is 0.641. The third-order valence-corrected chi connectivity index (χ3v) is 8.24. The van der Waals surface area contributed by atoms with Crippen LogP contribution >= 0.6 is 0 Å². The van der Waals surface area contributed by atoms with E-state index in [0.717, 1.165) is 32.1 Å². The average molecular weight is 318 g/mol. The SMILES string of the molecule is C=C(F)C1C[C@H]2[C@@H]3CC=C4CCC(O)C[C@]4(C)[C@@H]3CC[C@]2(C)C1. The van der Waals surface area contributed by atoms with Crippen LogP contribution in [-0.2, 0) is 0 Å². The molecule has 128 valence electrons. The number of hydrogen-bond acceptors (Lipinski definition) is 1. The lowest BCUT2D eigenvalue weighted by molar-refractivity contribution is -0.0450. The van der Waals surface area contributed by atoms with Crippen molar-refractivity contribution in [1.29, 1.82) is 0 Å². The van der Waals surface area contributed by atoms with Crippen molar-refractivity contribution >= 4 is 0 Å². The Labute approximate surface area is 140 Å². The second-order valence-corrected chi connectivity index (χ2v) is 9.43. The van der Waals surface area contributed by atoms with E-state index < -0.39 is 0 Å². The third kappa shape index (κ3) is 2.27. The molecule has 1 N–H and O–H groups in total. The second-order valence-electron chi connectivity index (χ2n) is 9.43. The molecule has 2 unspecified atom stereocenters. The zero-order valence-electron chi connectivity index (χ0n) is 14.7. The minimum absolute atomic E-state index is 0.0823. The van der Waals surface area contributed by atoms with Gasteiger partial charge >= 0.3 is 0 Å². The van der Waals surface area contributed by atoms with Crippen molar-refractivity contribution in [1.82, 2.24) is 0 Å². The van der Waals surface area contributed by atoms with Gasteiger partial charge in [-0.25, -0.2) is 4.39 Å². The first kappa shape index (κ1) is 15.9. The van der Waals surface area contributed by atoms with E-state index in [1.54, 1.807) is 5.57 Å². The standard InChI is InChI=1S/C21H31FO/c1-13(22)14-10-19-17-7-5-15-4-6-16(23)12-21(15,3)18(17)8-9-20(19,2)11-14/h5,14,16-19,23H,1,4,6-12H2,2-3H3/t14?,16?,17-,18-,19+,20-,21+/m1/s1. The highest BCUT2D eigenvalue weighted by molar-refractivity contribution is 5.25. The van der Waals surface area contributed by atoms with Crippen molar-refractivity contribution < 1.29 is 9.50 Å². The van der Waals surface area contributed by atoms with Crippen molar-refractivity contribution in [3.8, 4) is 0 Å². The Morgan fingerprint density at radius 3 is 2.78 bits per heavy atom. The first-order valence-electron chi connectivity index (χ1n) is 9.55. The van der Waals surface area contributed by atoms with Gasteiger partial charge in [0.05, 0.1) is 11.9 Å². The summed E-state index contributed by atoms with van der Waals surface area (Å²) in [5.74, 6) is 1.98. The van der Waals surface area contributed by atoms with E-state index in [2.05, 4.69) is 26.5 Å². The van der Waals surface area contributed by atoms with Gasteiger partial charge in [0.1, 0.15) is 0 Å². The molecule has 0 radical (unpaired) electrons. The molecule has 0 spiro atoms. The molecule has 2 heteroatoms. The maximum absolute atomic E-state index is 13.8. The van der Waals surface area contributed by atoms with E-state index in [9.17, 15) is 9.50 Å². The normalized spacial score (nSPS) is 52.2.